The van der Waals surface area contributed by atoms with Crippen LogP contribution in [0, 0.1) is 12.8 Å². The van der Waals surface area contributed by atoms with Crippen molar-refractivity contribution in [3.8, 4) is 5.88 Å². The molecule has 0 spiro atoms. The zero-order valence-corrected chi connectivity index (χ0v) is 13.7. The van der Waals surface area contributed by atoms with Crippen molar-refractivity contribution in [3.05, 3.63) is 40.0 Å². The van der Waals surface area contributed by atoms with Crippen LogP contribution in [0.15, 0.2) is 23.8 Å². The fraction of sp³-hybridized carbons (Fsp3) is 0.500. The van der Waals surface area contributed by atoms with Crippen LogP contribution in [0.3, 0.4) is 0 Å². The van der Waals surface area contributed by atoms with Gasteiger partial charge >= 0.3 is 0 Å². The second-order valence-corrected chi connectivity index (χ2v) is 6.43. The van der Waals surface area contributed by atoms with Gasteiger partial charge in [-0.2, -0.15) is 0 Å². The van der Waals surface area contributed by atoms with Crippen molar-refractivity contribution >= 4 is 11.3 Å². The maximum Gasteiger partial charge on any atom is 0.213 e. The number of aryl methyl sites for hydroxylation is 1. The zero-order chi connectivity index (χ0) is 15.1. The zero-order valence-electron chi connectivity index (χ0n) is 12.9. The number of pyridine rings is 1. The molecule has 114 valence electrons. The molecule has 0 aliphatic heterocycles. The van der Waals surface area contributed by atoms with Crippen LogP contribution in [0.4, 0.5) is 0 Å². The van der Waals surface area contributed by atoms with E-state index in [1.165, 1.54) is 10.4 Å². The van der Waals surface area contributed by atoms with Crippen LogP contribution in [0.2, 0.25) is 0 Å². The van der Waals surface area contributed by atoms with Gasteiger partial charge in [-0.15, -0.1) is 11.3 Å². The average molecular weight is 305 g/mol. The molecule has 2 rings (SSSR count). The molecule has 0 aromatic carbocycles. The minimum absolute atomic E-state index is 0.640. The largest absolute Gasteiger partial charge is 0.477 e. The topological polar surface area (TPSA) is 47.0 Å². The number of nitrogens with zero attached hydrogens (tertiary/aromatic N) is 2. The molecule has 0 saturated heterocycles. The molecule has 5 heteroatoms. The van der Waals surface area contributed by atoms with Crippen molar-refractivity contribution in [2.24, 2.45) is 5.92 Å². The van der Waals surface area contributed by atoms with Gasteiger partial charge in [0.2, 0.25) is 5.88 Å². The molecule has 0 amide bonds. The van der Waals surface area contributed by atoms with E-state index in [0.29, 0.717) is 18.4 Å². The number of nitrogens with one attached hydrogen (secondary N) is 1. The Morgan fingerprint density at radius 3 is 2.76 bits per heavy atom. The molecule has 0 unspecified atom stereocenters. The standard InChI is InChI=1S/C16H23N3OS/c1-12(2)8-17-9-14-4-5-16(18-10-14)20-7-6-15-13(3)19-11-21-15/h4-5,10-12,17H,6-9H2,1-3H3. The molecule has 21 heavy (non-hydrogen) atoms. The quantitative estimate of drug-likeness (QED) is 0.813. The lowest BCUT2D eigenvalue weighted by Crippen LogP contribution is -2.19. The molecule has 2 aromatic heterocycles. The first-order valence-electron chi connectivity index (χ1n) is 7.32. The first kappa shape index (κ1) is 15.9. The molecule has 0 radical (unpaired) electrons. The number of hydrogen-bond donors (Lipinski definition) is 1. The van der Waals surface area contributed by atoms with Gasteiger partial charge in [-0.1, -0.05) is 19.9 Å². The number of ether oxygens (including phenoxy) is 1. The third-order valence-electron chi connectivity index (χ3n) is 3.10. The van der Waals surface area contributed by atoms with E-state index in [0.717, 1.165) is 25.2 Å². The summed E-state index contributed by atoms with van der Waals surface area (Å²) in [4.78, 5) is 9.86. The van der Waals surface area contributed by atoms with E-state index in [2.05, 4.69) is 35.2 Å². The molecule has 0 atom stereocenters. The minimum Gasteiger partial charge on any atom is -0.477 e. The van der Waals surface area contributed by atoms with Crippen molar-refractivity contribution in [2.75, 3.05) is 13.2 Å². The summed E-state index contributed by atoms with van der Waals surface area (Å²) in [6.45, 7) is 8.95. The summed E-state index contributed by atoms with van der Waals surface area (Å²) in [6, 6.07) is 4.00. The lowest BCUT2D eigenvalue weighted by atomic mass is 10.2. The summed E-state index contributed by atoms with van der Waals surface area (Å²) >= 11 is 1.68. The minimum atomic E-state index is 0.640. The molecule has 4 nitrogen and oxygen atoms in total. The predicted octanol–water partition coefficient (Wildman–Crippen LogP) is 3.21. The highest BCUT2D eigenvalue weighted by molar-refractivity contribution is 7.09. The van der Waals surface area contributed by atoms with Gasteiger partial charge in [0.1, 0.15) is 0 Å². The molecule has 2 heterocycles. The highest BCUT2D eigenvalue weighted by Gasteiger charge is 2.02. The van der Waals surface area contributed by atoms with Crippen molar-refractivity contribution in [1.29, 1.82) is 0 Å². The highest BCUT2D eigenvalue weighted by Crippen LogP contribution is 2.14. The van der Waals surface area contributed by atoms with Crippen LogP contribution in [-0.4, -0.2) is 23.1 Å². The van der Waals surface area contributed by atoms with Gasteiger partial charge < -0.3 is 10.1 Å². The van der Waals surface area contributed by atoms with Crippen LogP contribution in [0.5, 0.6) is 5.88 Å². The normalized spacial score (nSPS) is 11.0. The molecular formula is C16H23N3OS. The van der Waals surface area contributed by atoms with E-state index in [-0.39, 0.29) is 0 Å². The Morgan fingerprint density at radius 2 is 2.14 bits per heavy atom. The summed E-state index contributed by atoms with van der Waals surface area (Å²) in [5, 5.41) is 3.40. The van der Waals surface area contributed by atoms with Crippen molar-refractivity contribution in [1.82, 2.24) is 15.3 Å². The first-order valence-corrected chi connectivity index (χ1v) is 8.20. The lowest BCUT2D eigenvalue weighted by Gasteiger charge is -2.08. The van der Waals surface area contributed by atoms with Crippen molar-refractivity contribution in [2.45, 2.75) is 33.7 Å². The maximum atomic E-state index is 5.68. The van der Waals surface area contributed by atoms with Gasteiger partial charge in [0.05, 0.1) is 17.8 Å². The van der Waals surface area contributed by atoms with Crippen LogP contribution in [-0.2, 0) is 13.0 Å². The van der Waals surface area contributed by atoms with Gasteiger partial charge in [-0.05, 0) is 24.9 Å². The number of hydrogen-bond acceptors (Lipinski definition) is 5. The van der Waals surface area contributed by atoms with Gasteiger partial charge in [0, 0.05) is 30.1 Å². The summed E-state index contributed by atoms with van der Waals surface area (Å²) in [7, 11) is 0. The van der Waals surface area contributed by atoms with Crippen LogP contribution in [0.1, 0.15) is 30.0 Å². The van der Waals surface area contributed by atoms with Crippen molar-refractivity contribution < 1.29 is 4.74 Å². The van der Waals surface area contributed by atoms with E-state index in [4.69, 9.17) is 4.74 Å². The molecule has 0 bridgehead atoms. The highest BCUT2D eigenvalue weighted by atomic mass is 32.1. The molecule has 0 fully saturated rings. The summed E-state index contributed by atoms with van der Waals surface area (Å²) in [5.74, 6) is 1.35. The fourth-order valence-corrected chi connectivity index (χ4v) is 2.68. The molecule has 0 aliphatic carbocycles. The molecule has 0 aliphatic rings. The van der Waals surface area contributed by atoms with E-state index in [9.17, 15) is 0 Å². The Labute approximate surface area is 130 Å². The lowest BCUT2D eigenvalue weighted by molar-refractivity contribution is 0.310. The van der Waals surface area contributed by atoms with Crippen LogP contribution >= 0.6 is 11.3 Å². The second kappa shape index (κ2) is 8.10. The van der Waals surface area contributed by atoms with E-state index in [1.807, 2.05) is 24.7 Å². The van der Waals surface area contributed by atoms with Gasteiger partial charge in [0.15, 0.2) is 0 Å². The van der Waals surface area contributed by atoms with E-state index < -0.39 is 0 Å². The monoisotopic (exact) mass is 305 g/mol. The number of rotatable bonds is 8. The Kier molecular flexibility index (Phi) is 6.14. The third-order valence-corrected chi connectivity index (χ3v) is 4.10. The Morgan fingerprint density at radius 1 is 1.29 bits per heavy atom. The summed E-state index contributed by atoms with van der Waals surface area (Å²) in [6.07, 6.45) is 2.76. The van der Waals surface area contributed by atoms with Crippen LogP contribution in [0.25, 0.3) is 0 Å². The molecule has 0 saturated carbocycles. The first-order chi connectivity index (χ1) is 10.1. The predicted molar refractivity (Wildman–Crippen MR) is 86.8 cm³/mol. The smallest absolute Gasteiger partial charge is 0.213 e. The Bertz CT molecular complexity index is 537. The van der Waals surface area contributed by atoms with E-state index >= 15 is 0 Å². The average Bonchev–Trinajstić information content (AvgIpc) is 2.86. The summed E-state index contributed by atoms with van der Waals surface area (Å²) < 4.78 is 5.68. The SMILES string of the molecule is Cc1ncsc1CCOc1ccc(CNCC(C)C)cn1. The fourth-order valence-electron chi connectivity index (χ4n) is 1.92. The Hall–Kier alpha value is -1.46. The molecular weight excluding hydrogens is 282 g/mol. The maximum absolute atomic E-state index is 5.68. The number of aromatic nitrogens is 2. The van der Waals surface area contributed by atoms with Gasteiger partial charge in [0.25, 0.3) is 0 Å². The third kappa shape index (κ3) is 5.44. The van der Waals surface area contributed by atoms with Crippen molar-refractivity contribution in [3.63, 3.8) is 0 Å². The van der Waals surface area contributed by atoms with Gasteiger partial charge in [-0.3, -0.25) is 0 Å². The van der Waals surface area contributed by atoms with E-state index in [1.54, 1.807) is 11.3 Å². The number of thiazole rings is 1. The van der Waals surface area contributed by atoms with Crippen LogP contribution < -0.4 is 10.1 Å². The second-order valence-electron chi connectivity index (χ2n) is 5.49. The molecule has 1 N–H and O–H groups in total. The molecule has 2 aromatic rings. The Balaban J connectivity index is 1.73. The van der Waals surface area contributed by atoms with Gasteiger partial charge in [-0.25, -0.2) is 9.97 Å². The summed E-state index contributed by atoms with van der Waals surface area (Å²) in [5.41, 5.74) is 4.16.